The first-order valence-electron chi connectivity index (χ1n) is 9.47. The highest BCUT2D eigenvalue weighted by molar-refractivity contribution is 5.82. The van der Waals surface area contributed by atoms with Crippen molar-refractivity contribution >= 4 is 17.5 Å². The van der Waals surface area contributed by atoms with Gasteiger partial charge in [-0.3, -0.25) is 14.6 Å². The molecule has 3 rings (SSSR count). The number of hydrogen-bond donors (Lipinski definition) is 2. The van der Waals surface area contributed by atoms with Gasteiger partial charge in [-0.15, -0.1) is 0 Å². The summed E-state index contributed by atoms with van der Waals surface area (Å²) in [5.74, 6) is 0.173. The number of piperidine rings is 1. The van der Waals surface area contributed by atoms with Crippen LogP contribution >= 0.6 is 0 Å². The SMILES string of the molecule is Cc1cnccc1NCCNC(=O)C1CCN(C(=O)[C@H]2CCCO2)CC1. The molecule has 26 heavy (non-hydrogen) atoms. The average Bonchev–Trinajstić information content (AvgIpc) is 3.20. The van der Waals surface area contributed by atoms with Crippen molar-refractivity contribution in [2.45, 2.75) is 38.7 Å². The van der Waals surface area contributed by atoms with Gasteiger partial charge in [0.05, 0.1) is 0 Å². The van der Waals surface area contributed by atoms with Gasteiger partial charge in [0.15, 0.2) is 0 Å². The van der Waals surface area contributed by atoms with Crippen LogP contribution in [-0.2, 0) is 14.3 Å². The lowest BCUT2D eigenvalue weighted by Crippen LogP contribution is -2.46. The lowest BCUT2D eigenvalue weighted by atomic mass is 9.95. The van der Waals surface area contributed by atoms with Crippen LogP contribution in [0.15, 0.2) is 18.5 Å². The van der Waals surface area contributed by atoms with E-state index in [0.717, 1.165) is 36.9 Å². The standard InChI is InChI=1S/C19H28N4O3/c1-14-13-20-7-4-16(14)21-8-9-22-18(24)15-5-10-23(11-6-15)19(25)17-3-2-12-26-17/h4,7,13,15,17H,2-3,5-6,8-12H2,1H3,(H,20,21)(H,22,24)/t17-/m1/s1. The van der Waals surface area contributed by atoms with E-state index in [0.29, 0.717) is 32.8 Å². The Morgan fingerprint density at radius 1 is 1.27 bits per heavy atom. The van der Waals surface area contributed by atoms with E-state index in [1.807, 2.05) is 24.1 Å². The van der Waals surface area contributed by atoms with Crippen molar-refractivity contribution in [3.63, 3.8) is 0 Å². The summed E-state index contributed by atoms with van der Waals surface area (Å²) in [7, 11) is 0. The van der Waals surface area contributed by atoms with E-state index in [4.69, 9.17) is 4.74 Å². The molecule has 1 atom stereocenters. The number of aryl methyl sites for hydroxylation is 1. The molecule has 7 heteroatoms. The summed E-state index contributed by atoms with van der Waals surface area (Å²) >= 11 is 0. The van der Waals surface area contributed by atoms with Crippen LogP contribution < -0.4 is 10.6 Å². The summed E-state index contributed by atoms with van der Waals surface area (Å²) in [6.45, 7) is 5.22. The van der Waals surface area contributed by atoms with Gasteiger partial charge >= 0.3 is 0 Å². The Bertz CT molecular complexity index is 623. The average molecular weight is 360 g/mol. The Labute approximate surface area is 154 Å². The topological polar surface area (TPSA) is 83.6 Å². The van der Waals surface area contributed by atoms with Gasteiger partial charge < -0.3 is 20.3 Å². The number of carbonyl (C=O) groups is 2. The number of amides is 2. The minimum atomic E-state index is -0.261. The molecular weight excluding hydrogens is 332 g/mol. The van der Waals surface area contributed by atoms with Gasteiger partial charge in [-0.1, -0.05) is 0 Å². The van der Waals surface area contributed by atoms with Crippen LogP contribution in [0.3, 0.4) is 0 Å². The van der Waals surface area contributed by atoms with Crippen molar-refractivity contribution in [2.75, 3.05) is 38.1 Å². The molecule has 2 fully saturated rings. The maximum Gasteiger partial charge on any atom is 0.251 e. The highest BCUT2D eigenvalue weighted by Crippen LogP contribution is 2.21. The normalized spacial score (nSPS) is 20.8. The van der Waals surface area contributed by atoms with Crippen molar-refractivity contribution in [3.8, 4) is 0 Å². The molecule has 1 aromatic heterocycles. The quantitative estimate of drug-likeness (QED) is 0.748. The van der Waals surface area contributed by atoms with Crippen LogP contribution in [-0.4, -0.2) is 60.6 Å². The summed E-state index contributed by atoms with van der Waals surface area (Å²) in [6, 6.07) is 1.93. The fourth-order valence-corrected chi connectivity index (χ4v) is 3.54. The molecule has 2 N–H and O–H groups in total. The summed E-state index contributed by atoms with van der Waals surface area (Å²) in [6.07, 6.45) is 6.53. The van der Waals surface area contributed by atoms with E-state index in [1.54, 1.807) is 6.20 Å². The van der Waals surface area contributed by atoms with Crippen molar-refractivity contribution in [1.82, 2.24) is 15.2 Å². The number of nitrogens with one attached hydrogen (secondary N) is 2. The van der Waals surface area contributed by atoms with Crippen LogP contribution in [0, 0.1) is 12.8 Å². The van der Waals surface area contributed by atoms with Crippen LogP contribution in [0.5, 0.6) is 0 Å². The van der Waals surface area contributed by atoms with E-state index in [1.165, 1.54) is 0 Å². The molecule has 0 spiro atoms. The molecule has 2 aliphatic rings. The molecule has 0 aromatic carbocycles. The Hall–Kier alpha value is -2.15. The molecule has 2 saturated heterocycles. The molecule has 2 amide bonds. The van der Waals surface area contributed by atoms with Crippen LogP contribution in [0.25, 0.3) is 0 Å². The predicted octanol–water partition coefficient (Wildman–Crippen LogP) is 1.34. The van der Waals surface area contributed by atoms with Crippen LogP contribution in [0.4, 0.5) is 5.69 Å². The third-order valence-electron chi connectivity index (χ3n) is 5.14. The molecule has 3 heterocycles. The number of nitrogens with zero attached hydrogens (tertiary/aromatic N) is 2. The van der Waals surface area contributed by atoms with Gasteiger partial charge in [0, 0.05) is 56.8 Å². The van der Waals surface area contributed by atoms with E-state index in [9.17, 15) is 9.59 Å². The van der Waals surface area contributed by atoms with E-state index < -0.39 is 0 Å². The van der Waals surface area contributed by atoms with Gasteiger partial charge in [-0.25, -0.2) is 0 Å². The predicted molar refractivity (Wildman–Crippen MR) is 98.8 cm³/mol. The summed E-state index contributed by atoms with van der Waals surface area (Å²) in [5.41, 5.74) is 2.12. The fourth-order valence-electron chi connectivity index (χ4n) is 3.54. The van der Waals surface area contributed by atoms with Gasteiger partial charge in [-0.05, 0) is 44.2 Å². The molecule has 0 bridgehead atoms. The first-order valence-corrected chi connectivity index (χ1v) is 9.47. The Morgan fingerprint density at radius 2 is 2.08 bits per heavy atom. The minimum absolute atomic E-state index is 0.00814. The Morgan fingerprint density at radius 3 is 2.77 bits per heavy atom. The third kappa shape index (κ3) is 4.72. The van der Waals surface area contributed by atoms with Gasteiger partial charge in [0.2, 0.25) is 5.91 Å². The second-order valence-corrected chi connectivity index (χ2v) is 7.01. The molecule has 0 saturated carbocycles. The van der Waals surface area contributed by atoms with Gasteiger partial charge in [0.1, 0.15) is 6.10 Å². The lowest BCUT2D eigenvalue weighted by Gasteiger charge is -2.32. The number of carbonyl (C=O) groups excluding carboxylic acids is 2. The van der Waals surface area contributed by atoms with E-state index >= 15 is 0 Å². The van der Waals surface area contributed by atoms with Crippen LogP contribution in [0.1, 0.15) is 31.2 Å². The molecule has 0 aliphatic carbocycles. The highest BCUT2D eigenvalue weighted by atomic mass is 16.5. The fraction of sp³-hybridized carbons (Fsp3) is 0.632. The number of pyridine rings is 1. The smallest absolute Gasteiger partial charge is 0.251 e. The van der Waals surface area contributed by atoms with Crippen molar-refractivity contribution in [2.24, 2.45) is 5.92 Å². The molecule has 142 valence electrons. The number of ether oxygens (including phenoxy) is 1. The number of hydrogen-bond acceptors (Lipinski definition) is 5. The molecule has 0 radical (unpaired) electrons. The third-order valence-corrected chi connectivity index (χ3v) is 5.14. The molecular formula is C19H28N4O3. The molecule has 0 unspecified atom stereocenters. The first-order chi connectivity index (χ1) is 12.6. The van der Waals surface area contributed by atoms with E-state index in [2.05, 4.69) is 15.6 Å². The first kappa shape index (κ1) is 18.6. The van der Waals surface area contributed by atoms with E-state index in [-0.39, 0.29) is 23.8 Å². The lowest BCUT2D eigenvalue weighted by molar-refractivity contribution is -0.143. The maximum absolute atomic E-state index is 12.3. The minimum Gasteiger partial charge on any atom is -0.383 e. The van der Waals surface area contributed by atoms with Gasteiger partial charge in [0.25, 0.3) is 5.91 Å². The molecule has 7 nitrogen and oxygen atoms in total. The zero-order chi connectivity index (χ0) is 18.4. The van der Waals surface area contributed by atoms with Gasteiger partial charge in [-0.2, -0.15) is 0 Å². The maximum atomic E-state index is 12.3. The monoisotopic (exact) mass is 360 g/mol. The Balaban J connectivity index is 1.34. The zero-order valence-electron chi connectivity index (χ0n) is 15.4. The number of aromatic nitrogens is 1. The zero-order valence-corrected chi connectivity index (χ0v) is 15.4. The summed E-state index contributed by atoms with van der Waals surface area (Å²) in [5, 5.41) is 6.30. The number of anilines is 1. The largest absolute Gasteiger partial charge is 0.383 e. The van der Waals surface area contributed by atoms with Crippen molar-refractivity contribution < 1.29 is 14.3 Å². The van der Waals surface area contributed by atoms with Crippen LogP contribution in [0.2, 0.25) is 0 Å². The number of rotatable bonds is 6. The summed E-state index contributed by atoms with van der Waals surface area (Å²) in [4.78, 5) is 30.6. The van der Waals surface area contributed by atoms with Crippen molar-refractivity contribution in [3.05, 3.63) is 24.0 Å². The number of likely N-dealkylation sites (tertiary alicyclic amines) is 1. The molecule has 1 aromatic rings. The molecule has 2 aliphatic heterocycles. The second kappa shape index (κ2) is 8.98. The Kier molecular flexibility index (Phi) is 6.44. The van der Waals surface area contributed by atoms with Crippen molar-refractivity contribution in [1.29, 1.82) is 0 Å². The second-order valence-electron chi connectivity index (χ2n) is 7.01. The highest BCUT2D eigenvalue weighted by Gasteiger charge is 2.32. The summed E-state index contributed by atoms with van der Waals surface area (Å²) < 4.78 is 5.47.